The molecule has 4 nitrogen and oxygen atoms in total. The van der Waals surface area contributed by atoms with Crippen molar-refractivity contribution in [3.8, 4) is 0 Å². The fraction of sp³-hybridized carbons (Fsp3) is 0.231. The summed E-state index contributed by atoms with van der Waals surface area (Å²) in [5.41, 5.74) is 1.92. The van der Waals surface area contributed by atoms with E-state index in [1.165, 1.54) is 12.4 Å². The summed E-state index contributed by atoms with van der Waals surface area (Å²) in [6.07, 6.45) is 0.256. The number of nitrogens with zero attached hydrogens (tertiary/aromatic N) is 2. The van der Waals surface area contributed by atoms with Gasteiger partial charge >= 0.3 is 0 Å². The molecule has 1 aromatic heterocycles. The maximum atomic E-state index is 12.2. The van der Waals surface area contributed by atoms with Crippen molar-refractivity contribution < 1.29 is 13.6 Å². The van der Waals surface area contributed by atoms with E-state index in [0.717, 1.165) is 13.8 Å². The molecule has 106 valence electrons. The molecule has 0 aliphatic rings. The lowest BCUT2D eigenvalue weighted by atomic mass is 10.1. The molecule has 1 aromatic carbocycles. The molecule has 0 radical (unpaired) electrons. The molecule has 2 rings (SSSR count). The molecule has 20 heavy (non-hydrogen) atoms. The van der Waals surface area contributed by atoms with Crippen molar-refractivity contribution in [3.63, 3.8) is 0 Å². The van der Waals surface area contributed by atoms with Crippen molar-refractivity contribution in [1.82, 2.24) is 9.78 Å². The molecule has 1 amide bonds. The smallest absolute Gasteiger partial charge is 0.257 e. The minimum atomic E-state index is -2.48. The summed E-state index contributed by atoms with van der Waals surface area (Å²) in [5, 5.41) is 6.41. The number of halogens is 3. The summed E-state index contributed by atoms with van der Waals surface area (Å²) in [6, 6.07) is 5.55. The van der Waals surface area contributed by atoms with E-state index in [0.29, 0.717) is 11.3 Å². The fourth-order valence-corrected chi connectivity index (χ4v) is 2.26. The van der Waals surface area contributed by atoms with Crippen LogP contribution < -0.4 is 5.32 Å². The van der Waals surface area contributed by atoms with Gasteiger partial charge in [0.2, 0.25) is 0 Å². The van der Waals surface area contributed by atoms with Crippen LogP contribution in [0.4, 0.5) is 14.5 Å². The lowest BCUT2D eigenvalue weighted by Crippen LogP contribution is -2.13. The number of hydrogen-bond donors (Lipinski definition) is 1. The number of carbonyl (C=O) groups excluding carboxylic acids is 1. The second-order valence-electron chi connectivity index (χ2n) is 4.28. The predicted molar refractivity (Wildman–Crippen MR) is 80.1 cm³/mol. The molecule has 1 N–H and O–H groups in total. The van der Waals surface area contributed by atoms with Gasteiger partial charge in [-0.3, -0.25) is 9.48 Å². The Balaban J connectivity index is 2.11. The Labute approximate surface area is 128 Å². The number of nitrogens with one attached hydrogen (secondary N) is 1. The van der Waals surface area contributed by atoms with Crippen LogP contribution in [0, 0.1) is 10.5 Å². The number of hydrogen-bond acceptors (Lipinski definition) is 2. The Bertz CT molecular complexity index is 628. The van der Waals surface area contributed by atoms with Gasteiger partial charge in [-0.05, 0) is 41.6 Å². The highest BCUT2D eigenvalue weighted by atomic mass is 127. The van der Waals surface area contributed by atoms with E-state index in [9.17, 15) is 13.6 Å². The van der Waals surface area contributed by atoms with Crippen LogP contribution in [0.1, 0.15) is 15.9 Å². The van der Waals surface area contributed by atoms with E-state index in [1.54, 1.807) is 6.07 Å². The lowest BCUT2D eigenvalue weighted by molar-refractivity contribution is 0.102. The summed E-state index contributed by atoms with van der Waals surface area (Å²) >= 11 is 2.08. The largest absolute Gasteiger partial charge is 0.319 e. The van der Waals surface area contributed by atoms with Gasteiger partial charge < -0.3 is 5.32 Å². The molecule has 0 aliphatic carbocycles. The monoisotopic (exact) mass is 391 g/mol. The molecule has 0 saturated carbocycles. The maximum absolute atomic E-state index is 12.2. The Hall–Kier alpha value is -1.51. The summed E-state index contributed by atoms with van der Waals surface area (Å²) in [6.45, 7) is 1.41. The van der Waals surface area contributed by atoms with Gasteiger partial charge in [0.25, 0.3) is 12.3 Å². The van der Waals surface area contributed by atoms with Crippen LogP contribution in [0.25, 0.3) is 0 Å². The minimum Gasteiger partial charge on any atom is -0.319 e. The third-order valence-electron chi connectivity index (χ3n) is 2.58. The number of aromatic nitrogens is 2. The molecule has 0 saturated heterocycles. The Morgan fingerprint density at radius 1 is 1.50 bits per heavy atom. The SMILES string of the molecule is Cc1ccc(I)c(C(=O)Nc2cnn(CC(F)F)c2)c1. The quantitative estimate of drug-likeness (QED) is 0.814. The lowest BCUT2D eigenvalue weighted by Gasteiger charge is -2.06. The first kappa shape index (κ1) is 14.9. The van der Waals surface area contributed by atoms with Crippen molar-refractivity contribution in [2.75, 3.05) is 5.32 Å². The molecule has 0 atom stereocenters. The molecular formula is C13H12F2IN3O. The third-order valence-corrected chi connectivity index (χ3v) is 3.52. The molecule has 0 spiro atoms. The topological polar surface area (TPSA) is 46.9 Å². The summed E-state index contributed by atoms with van der Waals surface area (Å²) in [4.78, 5) is 12.1. The fourth-order valence-electron chi connectivity index (χ4n) is 1.68. The number of carbonyl (C=O) groups is 1. The van der Waals surface area contributed by atoms with Crippen LogP contribution in [0.3, 0.4) is 0 Å². The number of aryl methyl sites for hydroxylation is 1. The summed E-state index contributed by atoms with van der Waals surface area (Å²) in [7, 11) is 0. The van der Waals surface area contributed by atoms with Gasteiger partial charge in [0.05, 0.1) is 17.4 Å². The molecule has 0 aliphatic heterocycles. The van der Waals surface area contributed by atoms with E-state index < -0.39 is 13.0 Å². The zero-order valence-corrected chi connectivity index (χ0v) is 12.8. The zero-order chi connectivity index (χ0) is 14.7. The van der Waals surface area contributed by atoms with Crippen molar-refractivity contribution in [3.05, 3.63) is 45.3 Å². The van der Waals surface area contributed by atoms with Crippen molar-refractivity contribution in [1.29, 1.82) is 0 Å². The van der Waals surface area contributed by atoms with Gasteiger partial charge in [-0.1, -0.05) is 11.6 Å². The number of amides is 1. The highest BCUT2D eigenvalue weighted by Crippen LogP contribution is 2.16. The first-order valence-electron chi connectivity index (χ1n) is 5.84. The first-order valence-corrected chi connectivity index (χ1v) is 6.91. The van der Waals surface area contributed by atoms with Crippen molar-refractivity contribution in [2.24, 2.45) is 0 Å². The summed E-state index contributed by atoms with van der Waals surface area (Å²) < 4.78 is 26.3. The molecule has 7 heteroatoms. The van der Waals surface area contributed by atoms with Crippen LogP contribution in [0.5, 0.6) is 0 Å². The zero-order valence-electron chi connectivity index (χ0n) is 10.6. The minimum absolute atomic E-state index is 0.283. The standard InChI is InChI=1S/C13H12F2IN3O/c1-8-2-3-11(16)10(4-8)13(20)18-9-5-17-19(6-9)7-12(14)15/h2-6,12H,7H2,1H3,(H,18,20). The average molecular weight is 391 g/mol. The Kier molecular flexibility index (Phi) is 4.69. The van der Waals surface area contributed by atoms with E-state index in [4.69, 9.17) is 0 Å². The Morgan fingerprint density at radius 3 is 2.95 bits per heavy atom. The first-order chi connectivity index (χ1) is 9.45. The van der Waals surface area contributed by atoms with Gasteiger partial charge in [-0.15, -0.1) is 0 Å². The van der Waals surface area contributed by atoms with Crippen molar-refractivity contribution >= 4 is 34.2 Å². The van der Waals surface area contributed by atoms with E-state index in [-0.39, 0.29) is 5.91 Å². The van der Waals surface area contributed by atoms with Crippen molar-refractivity contribution in [2.45, 2.75) is 19.9 Å². The molecule has 0 bridgehead atoms. The van der Waals surface area contributed by atoms with Crippen LogP contribution in [-0.2, 0) is 6.54 Å². The number of alkyl halides is 2. The highest BCUT2D eigenvalue weighted by Gasteiger charge is 2.12. The van der Waals surface area contributed by atoms with Gasteiger partial charge in [0.1, 0.15) is 6.54 Å². The van der Waals surface area contributed by atoms with Gasteiger partial charge in [-0.25, -0.2) is 8.78 Å². The molecule has 1 heterocycles. The molecular weight excluding hydrogens is 379 g/mol. The summed E-state index contributed by atoms with van der Waals surface area (Å²) in [5.74, 6) is -0.283. The third kappa shape index (κ3) is 3.75. The van der Waals surface area contributed by atoms with Crippen LogP contribution >= 0.6 is 22.6 Å². The van der Waals surface area contributed by atoms with Gasteiger partial charge in [0, 0.05) is 9.77 Å². The number of anilines is 1. The molecule has 0 fully saturated rings. The van der Waals surface area contributed by atoms with Crippen LogP contribution in [0.15, 0.2) is 30.6 Å². The van der Waals surface area contributed by atoms with Crippen LogP contribution in [-0.4, -0.2) is 22.1 Å². The Morgan fingerprint density at radius 2 is 2.25 bits per heavy atom. The molecule has 0 unspecified atom stereocenters. The van der Waals surface area contributed by atoms with Gasteiger partial charge in [-0.2, -0.15) is 5.10 Å². The average Bonchev–Trinajstić information content (AvgIpc) is 2.78. The normalized spacial score (nSPS) is 10.8. The van der Waals surface area contributed by atoms with E-state index >= 15 is 0 Å². The second kappa shape index (κ2) is 6.29. The second-order valence-corrected chi connectivity index (χ2v) is 5.44. The number of benzene rings is 1. The predicted octanol–water partition coefficient (Wildman–Crippen LogP) is 3.31. The molecule has 2 aromatic rings. The maximum Gasteiger partial charge on any atom is 0.257 e. The van der Waals surface area contributed by atoms with Gasteiger partial charge in [0.15, 0.2) is 0 Å². The van der Waals surface area contributed by atoms with E-state index in [2.05, 4.69) is 33.0 Å². The highest BCUT2D eigenvalue weighted by molar-refractivity contribution is 14.1. The van der Waals surface area contributed by atoms with E-state index in [1.807, 2.05) is 19.1 Å². The van der Waals surface area contributed by atoms with Crippen LogP contribution in [0.2, 0.25) is 0 Å². The number of rotatable bonds is 4.